The third-order valence-electron chi connectivity index (χ3n) is 2.87. The first-order valence-electron chi connectivity index (χ1n) is 5.97. The van der Waals surface area contributed by atoms with E-state index >= 15 is 0 Å². The third kappa shape index (κ3) is 3.95. The van der Waals surface area contributed by atoms with Gasteiger partial charge in [-0.15, -0.1) is 0 Å². The van der Waals surface area contributed by atoms with Crippen LogP contribution in [0.15, 0.2) is 12.3 Å². The summed E-state index contributed by atoms with van der Waals surface area (Å²) < 4.78 is 43.8. The summed E-state index contributed by atoms with van der Waals surface area (Å²) in [5.41, 5.74) is 0.196. The van der Waals surface area contributed by atoms with Gasteiger partial charge in [-0.3, -0.25) is 19.6 Å². The second-order valence-corrected chi connectivity index (χ2v) is 6.02. The van der Waals surface area contributed by atoms with Crippen LogP contribution >= 0.6 is 0 Å². The number of aryl methyl sites for hydroxylation is 1. The molecule has 0 atom stereocenters. The molecular weight excluding hydrogens is 305 g/mol. The Morgan fingerprint density at radius 2 is 2.14 bits per heavy atom. The van der Waals surface area contributed by atoms with Crippen molar-refractivity contribution in [2.75, 3.05) is 17.2 Å². The number of rotatable bonds is 4. The second kappa shape index (κ2) is 5.74. The molecule has 0 radical (unpaired) electrons. The van der Waals surface area contributed by atoms with Crippen molar-refractivity contribution >= 4 is 27.7 Å². The smallest absolute Gasteiger partial charge is 0.289 e. The molecule has 1 aromatic rings. The van der Waals surface area contributed by atoms with E-state index in [1.165, 1.54) is 6.07 Å². The first-order chi connectivity index (χ1) is 9.76. The Bertz CT molecular complexity index is 691. The lowest BCUT2D eigenvalue weighted by Crippen LogP contribution is -2.50. The number of aromatic nitrogens is 1. The molecule has 3 amide bonds. The van der Waals surface area contributed by atoms with Crippen LogP contribution in [0.4, 0.5) is 14.9 Å². The van der Waals surface area contributed by atoms with E-state index < -0.39 is 33.8 Å². The van der Waals surface area contributed by atoms with Gasteiger partial charge in [0.25, 0.3) is 10.1 Å². The highest BCUT2D eigenvalue weighted by atomic mass is 32.2. The van der Waals surface area contributed by atoms with Gasteiger partial charge < -0.3 is 0 Å². The Morgan fingerprint density at radius 3 is 2.76 bits per heavy atom. The van der Waals surface area contributed by atoms with Gasteiger partial charge in [-0.25, -0.2) is 9.78 Å². The van der Waals surface area contributed by atoms with E-state index in [0.717, 1.165) is 11.1 Å². The average molecular weight is 317 g/mol. The molecule has 2 N–H and O–H groups in total. The number of anilines is 1. The minimum Gasteiger partial charge on any atom is -0.289 e. The third-order valence-corrected chi connectivity index (χ3v) is 3.59. The van der Waals surface area contributed by atoms with E-state index in [1.54, 1.807) is 0 Å². The molecule has 1 fully saturated rings. The Hall–Kier alpha value is -2.07. The lowest BCUT2D eigenvalue weighted by atomic mass is 10.2. The van der Waals surface area contributed by atoms with E-state index in [1.807, 2.05) is 5.32 Å². The molecule has 114 valence electrons. The fraction of sp³-hybridized carbons (Fsp3) is 0.364. The molecule has 10 heteroatoms. The van der Waals surface area contributed by atoms with Gasteiger partial charge in [0.1, 0.15) is 5.69 Å². The summed E-state index contributed by atoms with van der Waals surface area (Å²) in [4.78, 5) is 27.2. The largest absolute Gasteiger partial charge is 0.328 e. The molecule has 21 heavy (non-hydrogen) atoms. The normalized spacial score (nSPS) is 16.0. The molecule has 1 aliphatic heterocycles. The van der Waals surface area contributed by atoms with Gasteiger partial charge >= 0.3 is 6.03 Å². The molecule has 2 rings (SSSR count). The minimum atomic E-state index is -4.15. The van der Waals surface area contributed by atoms with Crippen LogP contribution in [0.1, 0.15) is 12.0 Å². The number of imide groups is 1. The van der Waals surface area contributed by atoms with Crippen LogP contribution in [0.3, 0.4) is 0 Å². The number of amides is 3. The molecule has 0 saturated carbocycles. The SMILES string of the molecule is O=C1CCN(c2cc(CCS(=O)(=O)O)cnc2F)C(=O)N1. The Balaban J connectivity index is 2.23. The van der Waals surface area contributed by atoms with Crippen molar-refractivity contribution < 1.29 is 27.0 Å². The number of carbonyl (C=O) groups excluding carboxylic acids is 2. The summed E-state index contributed by atoms with van der Waals surface area (Å²) >= 11 is 0. The highest BCUT2D eigenvalue weighted by Gasteiger charge is 2.27. The van der Waals surface area contributed by atoms with Crippen molar-refractivity contribution in [3.05, 3.63) is 23.8 Å². The van der Waals surface area contributed by atoms with E-state index in [4.69, 9.17) is 4.55 Å². The summed E-state index contributed by atoms with van der Waals surface area (Å²) in [6.45, 7) is 0.00498. The van der Waals surface area contributed by atoms with Crippen LogP contribution in [-0.2, 0) is 21.3 Å². The monoisotopic (exact) mass is 317 g/mol. The van der Waals surface area contributed by atoms with Gasteiger partial charge in [-0.05, 0) is 18.1 Å². The topological polar surface area (TPSA) is 117 Å². The molecule has 0 aliphatic carbocycles. The van der Waals surface area contributed by atoms with E-state index in [2.05, 4.69) is 4.98 Å². The second-order valence-electron chi connectivity index (χ2n) is 4.44. The first-order valence-corrected chi connectivity index (χ1v) is 7.58. The molecule has 1 aliphatic rings. The lowest BCUT2D eigenvalue weighted by molar-refractivity contribution is -0.120. The highest BCUT2D eigenvalue weighted by Crippen LogP contribution is 2.21. The molecule has 0 aromatic carbocycles. The molecule has 0 bridgehead atoms. The van der Waals surface area contributed by atoms with Crippen molar-refractivity contribution in [3.8, 4) is 0 Å². The van der Waals surface area contributed by atoms with Crippen molar-refractivity contribution in [2.45, 2.75) is 12.8 Å². The predicted octanol–water partition coefficient (Wildman–Crippen LogP) is 0.0973. The maximum absolute atomic E-state index is 13.7. The van der Waals surface area contributed by atoms with E-state index in [0.29, 0.717) is 5.56 Å². The molecule has 0 spiro atoms. The van der Waals surface area contributed by atoms with Crippen molar-refractivity contribution in [1.29, 1.82) is 0 Å². The average Bonchev–Trinajstić information content (AvgIpc) is 2.37. The number of carbonyl (C=O) groups is 2. The number of hydrogen-bond acceptors (Lipinski definition) is 5. The zero-order chi connectivity index (χ0) is 15.6. The number of hydrogen-bond donors (Lipinski definition) is 2. The summed E-state index contributed by atoms with van der Waals surface area (Å²) in [5, 5.41) is 2.05. The van der Waals surface area contributed by atoms with E-state index in [9.17, 15) is 22.4 Å². The summed E-state index contributed by atoms with van der Waals surface area (Å²) in [7, 11) is -4.15. The van der Waals surface area contributed by atoms with Crippen LogP contribution in [-0.4, -0.2) is 42.2 Å². The predicted molar refractivity (Wildman–Crippen MR) is 69.8 cm³/mol. The standard InChI is InChI=1S/C11H12FN3O5S/c12-10-8(15-3-1-9(16)14-11(15)17)5-7(6-13-10)2-4-21(18,19)20/h5-6H,1-4H2,(H,14,16,17)(H,18,19,20). The van der Waals surface area contributed by atoms with Gasteiger partial charge in [0, 0.05) is 19.2 Å². The number of nitrogens with one attached hydrogen (secondary N) is 1. The first kappa shape index (κ1) is 15.3. The van der Waals surface area contributed by atoms with Crippen LogP contribution in [0.25, 0.3) is 0 Å². The Kier molecular flexibility index (Phi) is 4.19. The molecule has 0 unspecified atom stereocenters. The lowest BCUT2D eigenvalue weighted by Gasteiger charge is -2.26. The van der Waals surface area contributed by atoms with Gasteiger partial charge in [0.05, 0.1) is 5.75 Å². The van der Waals surface area contributed by atoms with Crippen LogP contribution in [0, 0.1) is 5.95 Å². The minimum absolute atomic E-state index is 0.00498. The highest BCUT2D eigenvalue weighted by molar-refractivity contribution is 7.85. The van der Waals surface area contributed by atoms with Crippen LogP contribution < -0.4 is 10.2 Å². The number of pyridine rings is 1. The Morgan fingerprint density at radius 1 is 1.43 bits per heavy atom. The van der Waals surface area contributed by atoms with Crippen molar-refractivity contribution in [1.82, 2.24) is 10.3 Å². The maximum atomic E-state index is 13.7. The number of urea groups is 1. The zero-order valence-corrected chi connectivity index (χ0v) is 11.6. The zero-order valence-electron chi connectivity index (χ0n) is 10.7. The summed E-state index contributed by atoms with van der Waals surface area (Å²) in [6, 6.07) is 0.502. The number of nitrogens with zero attached hydrogens (tertiary/aromatic N) is 2. The van der Waals surface area contributed by atoms with Crippen molar-refractivity contribution in [3.63, 3.8) is 0 Å². The molecular formula is C11H12FN3O5S. The molecule has 1 saturated heterocycles. The molecule has 8 nitrogen and oxygen atoms in total. The van der Waals surface area contributed by atoms with E-state index in [-0.39, 0.29) is 25.1 Å². The molecule has 1 aromatic heterocycles. The van der Waals surface area contributed by atoms with Gasteiger partial charge in [-0.1, -0.05) is 0 Å². The quantitative estimate of drug-likeness (QED) is 0.601. The summed E-state index contributed by atoms with van der Waals surface area (Å²) in [5.74, 6) is -1.90. The van der Waals surface area contributed by atoms with Gasteiger partial charge in [0.2, 0.25) is 11.9 Å². The van der Waals surface area contributed by atoms with Gasteiger partial charge in [0.15, 0.2) is 0 Å². The number of halogens is 1. The fourth-order valence-corrected chi connectivity index (χ4v) is 2.34. The van der Waals surface area contributed by atoms with Crippen LogP contribution in [0.2, 0.25) is 0 Å². The van der Waals surface area contributed by atoms with Gasteiger partial charge in [-0.2, -0.15) is 12.8 Å². The molecule has 2 heterocycles. The fourth-order valence-electron chi connectivity index (χ4n) is 1.84. The Labute approximate surface area is 119 Å². The summed E-state index contributed by atoms with van der Waals surface area (Å²) in [6.07, 6.45) is 1.07. The maximum Gasteiger partial charge on any atom is 0.328 e. The van der Waals surface area contributed by atoms with Crippen LogP contribution in [0.5, 0.6) is 0 Å². The van der Waals surface area contributed by atoms with Crippen molar-refractivity contribution in [2.24, 2.45) is 0 Å².